The Kier molecular flexibility index (Phi) is 4.46. The van der Waals surface area contributed by atoms with Gasteiger partial charge in [0, 0.05) is 0 Å². The minimum atomic E-state index is -1.49. The van der Waals surface area contributed by atoms with E-state index in [1.807, 2.05) is 0 Å². The number of aliphatic hydroxyl groups is 4. The smallest absolute Gasteiger partial charge is 0.410 e. The van der Waals surface area contributed by atoms with Crippen molar-refractivity contribution in [1.29, 1.82) is 0 Å². The number of carbonyl (C=O) groups excluding carboxylic acids is 1. The lowest BCUT2D eigenvalue weighted by molar-refractivity contribution is -0.254. The monoisotopic (exact) mass is 330 g/mol. The van der Waals surface area contributed by atoms with E-state index in [2.05, 4.69) is 10.3 Å². The zero-order chi connectivity index (χ0) is 16.6. The molecule has 1 aromatic heterocycles. The van der Waals surface area contributed by atoms with Gasteiger partial charge < -0.3 is 29.9 Å². The van der Waals surface area contributed by atoms with E-state index in [9.17, 15) is 25.2 Å². The Morgan fingerprint density at radius 2 is 2.04 bits per heavy atom. The number of hydrogen-bond acceptors (Lipinski definition) is 9. The van der Waals surface area contributed by atoms with E-state index in [1.165, 1.54) is 15.8 Å². The van der Waals surface area contributed by atoms with Gasteiger partial charge in [0.2, 0.25) is 0 Å². The van der Waals surface area contributed by atoms with Gasteiger partial charge in [-0.25, -0.2) is 9.48 Å². The van der Waals surface area contributed by atoms with Gasteiger partial charge in [-0.1, -0.05) is 5.21 Å². The minimum Gasteiger partial charge on any atom is -0.448 e. The number of ether oxygens (including phenoxy) is 2. The molecular weight excluding hydrogens is 312 g/mol. The molecule has 11 heteroatoms. The van der Waals surface area contributed by atoms with Crippen molar-refractivity contribution in [1.82, 2.24) is 19.9 Å². The molecule has 0 spiro atoms. The number of rotatable bonds is 4. The van der Waals surface area contributed by atoms with Crippen molar-refractivity contribution in [3.8, 4) is 0 Å². The van der Waals surface area contributed by atoms with Crippen molar-refractivity contribution in [2.75, 3.05) is 19.8 Å². The third-order valence-corrected chi connectivity index (χ3v) is 3.88. The lowest BCUT2D eigenvalue weighted by Gasteiger charge is -2.39. The summed E-state index contributed by atoms with van der Waals surface area (Å²) in [5, 5.41) is 46.4. The van der Waals surface area contributed by atoms with Crippen molar-refractivity contribution in [2.45, 2.75) is 37.2 Å². The third-order valence-electron chi connectivity index (χ3n) is 3.88. The highest BCUT2D eigenvalue weighted by atomic mass is 16.6. The Morgan fingerprint density at radius 3 is 2.70 bits per heavy atom. The van der Waals surface area contributed by atoms with Crippen LogP contribution in [-0.2, 0) is 16.0 Å². The zero-order valence-corrected chi connectivity index (χ0v) is 12.1. The standard InChI is InChI=1S/C12H18N4O7/c17-5-7-8(18)9(19)10(20)11(23-7)16-4-6(13-14-16)3-15-1-2-22-12(15)21/h4,7-11,17-20H,1-3,5H2/t7-,8-,9+,10-,11-/m1/s1. The fraction of sp³-hybridized carbons (Fsp3) is 0.750. The summed E-state index contributed by atoms with van der Waals surface area (Å²) < 4.78 is 11.4. The number of nitrogens with zero attached hydrogens (tertiary/aromatic N) is 4. The lowest BCUT2D eigenvalue weighted by atomic mass is 9.98. The van der Waals surface area contributed by atoms with Crippen LogP contribution in [0.15, 0.2) is 6.20 Å². The first-order valence-electron chi connectivity index (χ1n) is 7.14. The summed E-state index contributed by atoms with van der Waals surface area (Å²) in [7, 11) is 0. The topological polar surface area (TPSA) is 150 Å². The first-order valence-corrected chi connectivity index (χ1v) is 7.14. The maximum Gasteiger partial charge on any atom is 0.410 e. The molecule has 23 heavy (non-hydrogen) atoms. The number of aliphatic hydroxyl groups excluding tert-OH is 4. The molecule has 0 aliphatic carbocycles. The third kappa shape index (κ3) is 3.01. The molecular formula is C12H18N4O7. The first-order chi connectivity index (χ1) is 11.0. The summed E-state index contributed by atoms with van der Waals surface area (Å²) >= 11 is 0. The van der Waals surface area contributed by atoms with Crippen LogP contribution >= 0.6 is 0 Å². The van der Waals surface area contributed by atoms with Crippen LogP contribution in [0.1, 0.15) is 11.9 Å². The van der Waals surface area contributed by atoms with Crippen molar-refractivity contribution in [3.05, 3.63) is 11.9 Å². The SMILES string of the molecule is O=C1OCCN1Cc1cn([C@@H]2O[C@H](CO)[C@@H](O)[C@H](O)[C@H]2O)nn1. The Morgan fingerprint density at radius 1 is 1.26 bits per heavy atom. The summed E-state index contributed by atoms with van der Waals surface area (Å²) in [6, 6.07) is 0. The van der Waals surface area contributed by atoms with Gasteiger partial charge in [0.05, 0.1) is 25.9 Å². The number of amides is 1. The fourth-order valence-electron chi connectivity index (χ4n) is 2.58. The summed E-state index contributed by atoms with van der Waals surface area (Å²) in [5.74, 6) is 0. The molecule has 2 fully saturated rings. The molecule has 0 radical (unpaired) electrons. The maximum absolute atomic E-state index is 11.4. The van der Waals surface area contributed by atoms with Crippen LogP contribution in [0.3, 0.4) is 0 Å². The first kappa shape index (κ1) is 16.1. The lowest BCUT2D eigenvalue weighted by Crippen LogP contribution is -2.56. The summed E-state index contributed by atoms with van der Waals surface area (Å²) in [6.45, 7) is 0.435. The Hall–Kier alpha value is -1.79. The molecule has 3 heterocycles. The van der Waals surface area contributed by atoms with Crippen molar-refractivity contribution < 1.29 is 34.7 Å². The average Bonchev–Trinajstić information content (AvgIpc) is 3.16. The van der Waals surface area contributed by atoms with Gasteiger partial charge >= 0.3 is 6.09 Å². The number of cyclic esters (lactones) is 1. The normalized spacial score (nSPS) is 34.7. The second kappa shape index (κ2) is 6.37. The maximum atomic E-state index is 11.4. The van der Waals surface area contributed by atoms with Crippen LogP contribution in [0, 0.1) is 0 Å². The van der Waals surface area contributed by atoms with Crippen LogP contribution < -0.4 is 0 Å². The van der Waals surface area contributed by atoms with Crippen LogP contribution in [-0.4, -0.2) is 90.6 Å². The van der Waals surface area contributed by atoms with Crippen LogP contribution in [0.25, 0.3) is 0 Å². The largest absolute Gasteiger partial charge is 0.448 e. The molecule has 1 amide bonds. The average molecular weight is 330 g/mol. The van der Waals surface area contributed by atoms with Gasteiger partial charge in [-0.2, -0.15) is 0 Å². The van der Waals surface area contributed by atoms with E-state index in [0.717, 1.165) is 0 Å². The van der Waals surface area contributed by atoms with E-state index in [-0.39, 0.29) is 6.54 Å². The Labute approximate surface area is 130 Å². The fourth-order valence-corrected chi connectivity index (χ4v) is 2.58. The molecule has 3 rings (SSSR count). The van der Waals surface area contributed by atoms with Gasteiger partial charge in [-0.3, -0.25) is 4.90 Å². The highest BCUT2D eigenvalue weighted by Crippen LogP contribution is 2.27. The van der Waals surface area contributed by atoms with Crippen molar-refractivity contribution >= 4 is 6.09 Å². The molecule has 11 nitrogen and oxygen atoms in total. The Balaban J connectivity index is 1.72. The molecule has 2 aliphatic heterocycles. The van der Waals surface area contributed by atoms with E-state index in [0.29, 0.717) is 18.8 Å². The van der Waals surface area contributed by atoms with Gasteiger partial charge in [0.15, 0.2) is 6.23 Å². The molecule has 4 N–H and O–H groups in total. The second-order valence-electron chi connectivity index (χ2n) is 5.45. The van der Waals surface area contributed by atoms with Crippen molar-refractivity contribution in [2.24, 2.45) is 0 Å². The molecule has 0 saturated carbocycles. The summed E-state index contributed by atoms with van der Waals surface area (Å²) in [5.41, 5.74) is 0.445. The van der Waals surface area contributed by atoms with Gasteiger partial charge in [-0.15, -0.1) is 5.10 Å². The quantitative estimate of drug-likeness (QED) is 0.459. The predicted molar refractivity (Wildman–Crippen MR) is 70.8 cm³/mol. The molecule has 2 aliphatic rings. The predicted octanol–water partition coefficient (Wildman–Crippen LogP) is -2.80. The molecule has 0 aromatic carbocycles. The zero-order valence-electron chi connectivity index (χ0n) is 12.1. The van der Waals surface area contributed by atoms with Crippen molar-refractivity contribution in [3.63, 3.8) is 0 Å². The molecule has 128 valence electrons. The van der Waals surface area contributed by atoms with Crippen LogP contribution in [0.5, 0.6) is 0 Å². The molecule has 5 atom stereocenters. The van der Waals surface area contributed by atoms with Crippen LogP contribution in [0.4, 0.5) is 4.79 Å². The molecule has 0 bridgehead atoms. The van der Waals surface area contributed by atoms with Gasteiger partial charge in [0.1, 0.15) is 36.7 Å². The summed E-state index contributed by atoms with van der Waals surface area (Å²) in [6.07, 6.45) is -5.50. The molecule has 0 unspecified atom stereocenters. The number of hydrogen-bond donors (Lipinski definition) is 4. The van der Waals surface area contributed by atoms with E-state index < -0.39 is 43.3 Å². The van der Waals surface area contributed by atoms with E-state index in [1.54, 1.807) is 0 Å². The van der Waals surface area contributed by atoms with Crippen LogP contribution in [0.2, 0.25) is 0 Å². The number of aromatic nitrogens is 3. The van der Waals surface area contributed by atoms with E-state index in [4.69, 9.17) is 9.47 Å². The Bertz CT molecular complexity index is 565. The van der Waals surface area contributed by atoms with Gasteiger partial charge in [-0.05, 0) is 0 Å². The summed E-state index contributed by atoms with van der Waals surface area (Å²) in [4.78, 5) is 12.8. The second-order valence-corrected chi connectivity index (χ2v) is 5.45. The molecule has 1 aromatic rings. The van der Waals surface area contributed by atoms with Gasteiger partial charge in [0.25, 0.3) is 0 Å². The van der Waals surface area contributed by atoms with E-state index >= 15 is 0 Å². The molecule has 2 saturated heterocycles. The number of carbonyl (C=O) groups is 1. The minimum absolute atomic E-state index is 0.191. The highest BCUT2D eigenvalue weighted by molar-refractivity contribution is 5.69. The highest BCUT2D eigenvalue weighted by Gasteiger charge is 2.44.